The summed E-state index contributed by atoms with van der Waals surface area (Å²) in [6.45, 7) is 3.24. The van der Waals surface area contributed by atoms with E-state index in [9.17, 15) is 4.79 Å². The van der Waals surface area contributed by atoms with Gasteiger partial charge in [0.05, 0.1) is 6.54 Å². The van der Waals surface area contributed by atoms with Crippen LogP contribution in [0.3, 0.4) is 0 Å². The van der Waals surface area contributed by atoms with E-state index in [2.05, 4.69) is 12.2 Å². The molecule has 1 fully saturated rings. The first-order chi connectivity index (χ1) is 6.22. The lowest BCUT2D eigenvalue weighted by atomic mass is 9.83. The van der Waals surface area contributed by atoms with Gasteiger partial charge in [-0.2, -0.15) is 0 Å². The predicted octanol–water partition coefficient (Wildman–Crippen LogP) is 0.888. The maximum atomic E-state index is 10.9. The molecule has 0 saturated heterocycles. The van der Waals surface area contributed by atoms with Crippen LogP contribution in [0.4, 0.5) is 0 Å². The molecule has 0 bridgehead atoms. The fraction of sp³-hybridized carbons (Fsp3) is 0.900. The summed E-state index contributed by atoms with van der Waals surface area (Å²) in [6.07, 6.45) is 5.13. The number of carbonyl (C=O) groups is 1. The molecule has 0 aromatic carbocycles. The Morgan fingerprint density at radius 3 is 2.54 bits per heavy atom. The minimum absolute atomic E-state index is 0.0291. The number of carbonyl (C=O) groups excluding carboxylic acids is 1. The van der Waals surface area contributed by atoms with E-state index in [1.807, 2.05) is 0 Å². The summed E-state index contributed by atoms with van der Waals surface area (Å²) in [7, 11) is 0. The molecular formula is C10H20N2O. The number of rotatable bonds is 3. The highest BCUT2D eigenvalue weighted by Gasteiger charge is 2.18. The molecule has 76 valence electrons. The van der Waals surface area contributed by atoms with Crippen LogP contribution in [0.25, 0.3) is 0 Å². The lowest BCUT2D eigenvalue weighted by molar-refractivity contribution is -0.119. The average Bonchev–Trinajstić information content (AvgIpc) is 2.16. The van der Waals surface area contributed by atoms with E-state index in [0.29, 0.717) is 5.92 Å². The number of hydrogen-bond donors (Lipinski definition) is 2. The first kappa shape index (κ1) is 10.5. The van der Waals surface area contributed by atoms with Crippen LogP contribution >= 0.6 is 0 Å². The molecule has 1 aliphatic carbocycles. The van der Waals surface area contributed by atoms with E-state index in [1.165, 1.54) is 25.7 Å². The van der Waals surface area contributed by atoms with Gasteiger partial charge in [-0.05, 0) is 24.7 Å². The third kappa shape index (κ3) is 3.77. The van der Waals surface area contributed by atoms with Gasteiger partial charge in [0, 0.05) is 6.54 Å². The SMILES string of the molecule is CC1CCC(CNC(=O)CN)CC1. The second-order valence-electron chi connectivity index (χ2n) is 4.13. The second kappa shape index (κ2) is 5.22. The van der Waals surface area contributed by atoms with Gasteiger partial charge in [0.1, 0.15) is 0 Å². The van der Waals surface area contributed by atoms with Gasteiger partial charge in [0.15, 0.2) is 0 Å². The van der Waals surface area contributed by atoms with Crippen LogP contribution in [0.5, 0.6) is 0 Å². The van der Waals surface area contributed by atoms with Gasteiger partial charge in [-0.3, -0.25) is 4.79 Å². The van der Waals surface area contributed by atoms with Gasteiger partial charge >= 0.3 is 0 Å². The lowest BCUT2D eigenvalue weighted by Crippen LogP contribution is -2.35. The molecule has 3 nitrogen and oxygen atoms in total. The standard InChI is InChI=1S/C10H20N2O/c1-8-2-4-9(5-3-8)7-12-10(13)6-11/h8-9H,2-7,11H2,1H3,(H,12,13). The zero-order valence-corrected chi connectivity index (χ0v) is 8.38. The maximum Gasteiger partial charge on any atom is 0.233 e. The Morgan fingerprint density at radius 2 is 2.00 bits per heavy atom. The molecule has 1 saturated carbocycles. The number of nitrogens with one attached hydrogen (secondary N) is 1. The van der Waals surface area contributed by atoms with Crippen LogP contribution in [0.1, 0.15) is 32.6 Å². The van der Waals surface area contributed by atoms with Crippen LogP contribution in [-0.2, 0) is 4.79 Å². The zero-order chi connectivity index (χ0) is 9.68. The van der Waals surface area contributed by atoms with Crippen LogP contribution in [0.15, 0.2) is 0 Å². The average molecular weight is 184 g/mol. The molecule has 1 aliphatic rings. The largest absolute Gasteiger partial charge is 0.355 e. The van der Waals surface area contributed by atoms with Crippen molar-refractivity contribution in [2.75, 3.05) is 13.1 Å². The molecule has 0 atom stereocenters. The fourth-order valence-electron chi connectivity index (χ4n) is 1.86. The van der Waals surface area contributed by atoms with Crippen molar-refractivity contribution in [3.63, 3.8) is 0 Å². The Bertz CT molecular complexity index is 162. The first-order valence-corrected chi connectivity index (χ1v) is 5.19. The smallest absolute Gasteiger partial charge is 0.233 e. The van der Waals surface area contributed by atoms with E-state index in [0.717, 1.165) is 12.5 Å². The molecule has 13 heavy (non-hydrogen) atoms. The molecule has 1 rings (SSSR count). The summed E-state index contributed by atoms with van der Waals surface area (Å²) in [5.41, 5.74) is 5.20. The van der Waals surface area contributed by atoms with Gasteiger partial charge < -0.3 is 11.1 Å². The molecule has 0 unspecified atom stereocenters. The van der Waals surface area contributed by atoms with E-state index >= 15 is 0 Å². The third-order valence-electron chi connectivity index (χ3n) is 2.91. The van der Waals surface area contributed by atoms with Crippen molar-refractivity contribution in [3.8, 4) is 0 Å². The molecule has 3 N–H and O–H groups in total. The molecule has 0 radical (unpaired) electrons. The minimum Gasteiger partial charge on any atom is -0.355 e. The molecular weight excluding hydrogens is 164 g/mol. The quantitative estimate of drug-likeness (QED) is 0.684. The van der Waals surface area contributed by atoms with Gasteiger partial charge in [-0.25, -0.2) is 0 Å². The highest BCUT2D eigenvalue weighted by atomic mass is 16.1. The van der Waals surface area contributed by atoms with E-state index in [4.69, 9.17) is 5.73 Å². The van der Waals surface area contributed by atoms with Gasteiger partial charge in [-0.15, -0.1) is 0 Å². The normalized spacial score (nSPS) is 28.5. The molecule has 0 aromatic rings. The predicted molar refractivity (Wildman–Crippen MR) is 53.2 cm³/mol. The highest BCUT2D eigenvalue weighted by molar-refractivity contribution is 5.77. The van der Waals surface area contributed by atoms with Crippen LogP contribution in [0, 0.1) is 11.8 Å². The van der Waals surface area contributed by atoms with Crippen molar-refractivity contribution in [2.24, 2.45) is 17.6 Å². The molecule has 0 aromatic heterocycles. The van der Waals surface area contributed by atoms with Crippen molar-refractivity contribution in [2.45, 2.75) is 32.6 Å². The highest BCUT2D eigenvalue weighted by Crippen LogP contribution is 2.27. The number of amides is 1. The van der Waals surface area contributed by atoms with Gasteiger partial charge in [-0.1, -0.05) is 19.8 Å². The Labute approximate surface area is 80.1 Å². The maximum absolute atomic E-state index is 10.9. The van der Waals surface area contributed by atoms with Crippen molar-refractivity contribution in [3.05, 3.63) is 0 Å². The Hall–Kier alpha value is -0.570. The van der Waals surface area contributed by atoms with E-state index in [1.54, 1.807) is 0 Å². The summed E-state index contributed by atoms with van der Waals surface area (Å²) < 4.78 is 0. The summed E-state index contributed by atoms with van der Waals surface area (Å²) in [6, 6.07) is 0. The van der Waals surface area contributed by atoms with Crippen molar-refractivity contribution in [1.29, 1.82) is 0 Å². The first-order valence-electron chi connectivity index (χ1n) is 5.19. The van der Waals surface area contributed by atoms with Gasteiger partial charge in [0.2, 0.25) is 5.91 Å². The van der Waals surface area contributed by atoms with E-state index in [-0.39, 0.29) is 12.5 Å². The van der Waals surface area contributed by atoms with Crippen LogP contribution in [-0.4, -0.2) is 19.0 Å². The Balaban J connectivity index is 2.12. The number of nitrogens with two attached hydrogens (primary N) is 1. The zero-order valence-electron chi connectivity index (χ0n) is 8.38. The monoisotopic (exact) mass is 184 g/mol. The molecule has 0 heterocycles. The molecule has 0 spiro atoms. The van der Waals surface area contributed by atoms with Gasteiger partial charge in [0.25, 0.3) is 0 Å². The Morgan fingerprint density at radius 1 is 1.38 bits per heavy atom. The Kier molecular flexibility index (Phi) is 4.22. The summed E-state index contributed by atoms with van der Waals surface area (Å²) in [5, 5.41) is 2.85. The number of hydrogen-bond acceptors (Lipinski definition) is 2. The second-order valence-corrected chi connectivity index (χ2v) is 4.13. The lowest BCUT2D eigenvalue weighted by Gasteiger charge is -2.26. The molecule has 3 heteroatoms. The fourth-order valence-corrected chi connectivity index (χ4v) is 1.86. The van der Waals surface area contributed by atoms with Crippen LogP contribution in [0.2, 0.25) is 0 Å². The van der Waals surface area contributed by atoms with E-state index < -0.39 is 0 Å². The third-order valence-corrected chi connectivity index (χ3v) is 2.91. The summed E-state index contributed by atoms with van der Waals surface area (Å²) in [4.78, 5) is 10.9. The van der Waals surface area contributed by atoms with Crippen molar-refractivity contribution in [1.82, 2.24) is 5.32 Å². The topological polar surface area (TPSA) is 55.1 Å². The molecule has 1 amide bonds. The molecule has 0 aliphatic heterocycles. The van der Waals surface area contributed by atoms with Crippen molar-refractivity contribution < 1.29 is 4.79 Å². The van der Waals surface area contributed by atoms with Crippen LogP contribution < -0.4 is 11.1 Å². The summed E-state index contributed by atoms with van der Waals surface area (Å²) in [5.74, 6) is 1.53. The minimum atomic E-state index is -0.0291. The van der Waals surface area contributed by atoms with Crippen molar-refractivity contribution >= 4 is 5.91 Å². The summed E-state index contributed by atoms with van der Waals surface area (Å²) >= 11 is 0.